The largest absolute Gasteiger partial charge is 0.380 e. The van der Waals surface area contributed by atoms with Crippen LogP contribution in [0, 0.1) is 0 Å². The number of carbonyl (C=O) groups excluding carboxylic acids is 1. The molecule has 0 aromatic heterocycles. The molecule has 25 heavy (non-hydrogen) atoms. The van der Waals surface area contributed by atoms with E-state index in [1.165, 1.54) is 0 Å². The van der Waals surface area contributed by atoms with Crippen LogP contribution in [0.1, 0.15) is 32.6 Å². The van der Waals surface area contributed by atoms with Gasteiger partial charge < -0.3 is 19.1 Å². The third kappa shape index (κ3) is 7.44. The summed E-state index contributed by atoms with van der Waals surface area (Å²) < 4.78 is 17.7. The molecule has 6 heteroatoms. The van der Waals surface area contributed by atoms with Crippen molar-refractivity contribution in [2.75, 3.05) is 44.5 Å². The number of nitrogens with zero attached hydrogens (tertiary/aromatic N) is 1. The van der Waals surface area contributed by atoms with Gasteiger partial charge in [-0.1, -0.05) is 35.3 Å². The molecule has 5 nitrogen and oxygen atoms in total. The van der Waals surface area contributed by atoms with Crippen LogP contribution >= 0.6 is 15.9 Å². The second kappa shape index (κ2) is 11.6. The van der Waals surface area contributed by atoms with Gasteiger partial charge in [0, 0.05) is 29.9 Å². The van der Waals surface area contributed by atoms with Gasteiger partial charge in [0.05, 0.1) is 19.3 Å². The normalized spacial score (nSPS) is 17.0. The molecule has 1 aliphatic heterocycles. The van der Waals surface area contributed by atoms with Crippen LogP contribution in [-0.4, -0.2) is 51.6 Å². The Morgan fingerprint density at radius 3 is 2.96 bits per heavy atom. The fraction of sp³-hybridized carbons (Fsp3) is 0.632. The molecule has 1 fully saturated rings. The Hall–Kier alpha value is -0.950. The molecule has 0 aliphatic carbocycles. The third-order valence-corrected chi connectivity index (χ3v) is 4.57. The van der Waals surface area contributed by atoms with Crippen molar-refractivity contribution in [3.63, 3.8) is 0 Å². The number of hydrogen-bond donors (Lipinski definition) is 0. The average Bonchev–Trinajstić information content (AvgIpc) is 3.11. The Bertz CT molecular complexity index is 520. The Morgan fingerprint density at radius 2 is 2.24 bits per heavy atom. The van der Waals surface area contributed by atoms with Crippen molar-refractivity contribution in [2.45, 2.75) is 38.7 Å². The van der Waals surface area contributed by atoms with Crippen LogP contribution in [0.2, 0.25) is 0 Å². The molecule has 2 rings (SSSR count). The van der Waals surface area contributed by atoms with E-state index in [1.807, 2.05) is 24.3 Å². The fourth-order valence-corrected chi connectivity index (χ4v) is 3.06. The van der Waals surface area contributed by atoms with Gasteiger partial charge in [-0.05, 0) is 37.5 Å². The van der Waals surface area contributed by atoms with Crippen molar-refractivity contribution >= 4 is 27.5 Å². The first kappa shape index (κ1) is 20.4. The quantitative estimate of drug-likeness (QED) is 0.517. The van der Waals surface area contributed by atoms with Crippen LogP contribution in [0.25, 0.3) is 0 Å². The van der Waals surface area contributed by atoms with Gasteiger partial charge in [0.25, 0.3) is 5.91 Å². The fourth-order valence-electron chi connectivity index (χ4n) is 2.68. The maximum atomic E-state index is 12.6. The molecule has 0 saturated carbocycles. The number of ether oxygens (including phenoxy) is 3. The Labute approximate surface area is 158 Å². The highest BCUT2D eigenvalue weighted by Gasteiger charge is 2.19. The molecule has 140 valence electrons. The summed E-state index contributed by atoms with van der Waals surface area (Å²) in [7, 11) is 0. The Kier molecular flexibility index (Phi) is 9.47. The van der Waals surface area contributed by atoms with E-state index in [1.54, 1.807) is 4.90 Å². The number of rotatable bonds is 11. The Balaban J connectivity index is 1.86. The van der Waals surface area contributed by atoms with Gasteiger partial charge in [-0.3, -0.25) is 4.79 Å². The average molecular weight is 414 g/mol. The summed E-state index contributed by atoms with van der Waals surface area (Å²) in [5, 5.41) is 0. The molecule has 0 radical (unpaired) electrons. The molecular formula is C19H28BrNO4. The summed E-state index contributed by atoms with van der Waals surface area (Å²) in [6.07, 6.45) is 4.35. The number of anilines is 1. The minimum atomic E-state index is -0.0600. The van der Waals surface area contributed by atoms with Gasteiger partial charge in [-0.25, -0.2) is 0 Å². The molecule has 1 aromatic rings. The number of carbonyl (C=O) groups is 1. The zero-order valence-corrected chi connectivity index (χ0v) is 16.5. The van der Waals surface area contributed by atoms with Gasteiger partial charge in [0.2, 0.25) is 0 Å². The summed E-state index contributed by atoms with van der Waals surface area (Å²) in [5.41, 5.74) is 0.846. The van der Waals surface area contributed by atoms with Gasteiger partial charge in [0.15, 0.2) is 0 Å². The van der Waals surface area contributed by atoms with Gasteiger partial charge in [0.1, 0.15) is 6.61 Å². The molecule has 1 unspecified atom stereocenters. The van der Waals surface area contributed by atoms with E-state index in [4.69, 9.17) is 14.2 Å². The molecule has 1 aliphatic rings. The minimum Gasteiger partial charge on any atom is -0.380 e. The summed E-state index contributed by atoms with van der Waals surface area (Å²) >= 11 is 3.46. The van der Waals surface area contributed by atoms with E-state index in [0.29, 0.717) is 19.8 Å². The van der Waals surface area contributed by atoms with Crippen molar-refractivity contribution in [3.8, 4) is 0 Å². The summed E-state index contributed by atoms with van der Waals surface area (Å²) in [5.74, 6) is -0.0600. The number of hydrogen-bond acceptors (Lipinski definition) is 4. The van der Waals surface area contributed by atoms with Crippen LogP contribution in [0.15, 0.2) is 28.7 Å². The van der Waals surface area contributed by atoms with E-state index in [0.717, 1.165) is 49.1 Å². The number of benzene rings is 1. The first-order chi connectivity index (χ1) is 12.2. The molecule has 0 N–H and O–H groups in total. The van der Waals surface area contributed by atoms with Crippen molar-refractivity contribution in [1.29, 1.82) is 0 Å². The maximum Gasteiger partial charge on any atom is 0.253 e. The van der Waals surface area contributed by atoms with E-state index in [9.17, 15) is 4.79 Å². The smallest absolute Gasteiger partial charge is 0.253 e. The highest BCUT2D eigenvalue weighted by molar-refractivity contribution is 9.10. The predicted octanol–water partition coefficient (Wildman–Crippen LogP) is 3.79. The molecule has 1 heterocycles. The summed E-state index contributed by atoms with van der Waals surface area (Å²) in [6.45, 7) is 5.22. The highest BCUT2D eigenvalue weighted by Crippen LogP contribution is 2.20. The molecule has 0 bridgehead atoms. The van der Waals surface area contributed by atoms with Gasteiger partial charge >= 0.3 is 0 Å². The molecule has 1 aromatic carbocycles. The monoisotopic (exact) mass is 413 g/mol. The molecule has 1 saturated heterocycles. The maximum absolute atomic E-state index is 12.6. The van der Waals surface area contributed by atoms with E-state index >= 15 is 0 Å². The van der Waals surface area contributed by atoms with E-state index in [-0.39, 0.29) is 18.6 Å². The van der Waals surface area contributed by atoms with Crippen molar-refractivity contribution in [2.24, 2.45) is 0 Å². The zero-order chi connectivity index (χ0) is 17.9. The lowest BCUT2D eigenvalue weighted by Crippen LogP contribution is -2.37. The topological polar surface area (TPSA) is 48.0 Å². The lowest BCUT2D eigenvalue weighted by Gasteiger charge is -2.23. The Morgan fingerprint density at radius 1 is 1.36 bits per heavy atom. The van der Waals surface area contributed by atoms with Crippen LogP contribution in [0.4, 0.5) is 5.69 Å². The second-order valence-electron chi connectivity index (χ2n) is 6.14. The number of halogens is 1. The highest BCUT2D eigenvalue weighted by atomic mass is 79.9. The zero-order valence-electron chi connectivity index (χ0n) is 14.9. The number of amides is 1. The first-order valence-electron chi connectivity index (χ1n) is 9.03. The van der Waals surface area contributed by atoms with Crippen LogP contribution in [0.5, 0.6) is 0 Å². The third-order valence-electron chi connectivity index (χ3n) is 4.08. The first-order valence-corrected chi connectivity index (χ1v) is 9.83. The van der Waals surface area contributed by atoms with Crippen LogP contribution < -0.4 is 4.90 Å². The van der Waals surface area contributed by atoms with Crippen molar-refractivity contribution in [3.05, 3.63) is 28.7 Å². The minimum absolute atomic E-state index is 0.0569. The van der Waals surface area contributed by atoms with Crippen molar-refractivity contribution < 1.29 is 19.0 Å². The predicted molar refractivity (Wildman–Crippen MR) is 102 cm³/mol. The molecular weight excluding hydrogens is 386 g/mol. The second-order valence-corrected chi connectivity index (χ2v) is 7.06. The lowest BCUT2D eigenvalue weighted by molar-refractivity contribution is -0.124. The van der Waals surface area contributed by atoms with E-state index < -0.39 is 0 Å². The molecule has 1 amide bonds. The number of unbranched alkanes of at least 4 members (excludes halogenated alkanes) is 1. The van der Waals surface area contributed by atoms with Gasteiger partial charge in [-0.2, -0.15) is 0 Å². The van der Waals surface area contributed by atoms with Crippen LogP contribution in [0.3, 0.4) is 0 Å². The molecule has 0 spiro atoms. The van der Waals surface area contributed by atoms with Gasteiger partial charge in [-0.15, -0.1) is 0 Å². The van der Waals surface area contributed by atoms with Crippen molar-refractivity contribution in [1.82, 2.24) is 0 Å². The lowest BCUT2D eigenvalue weighted by atomic mass is 10.2. The summed E-state index contributed by atoms with van der Waals surface area (Å²) in [6, 6.07) is 7.72. The standard InChI is InChI=1S/C19H28BrNO4/c1-2-3-10-23-12-9-21(17-7-4-6-16(20)13-17)19(22)15-24-14-18-8-5-11-25-18/h4,6-7,13,18H,2-3,5,8-12,14-15H2,1H3. The van der Waals surface area contributed by atoms with E-state index in [2.05, 4.69) is 22.9 Å². The SMILES string of the molecule is CCCCOCCN(C(=O)COCC1CCCO1)c1cccc(Br)c1. The molecule has 1 atom stereocenters. The van der Waals surface area contributed by atoms with Crippen LogP contribution in [-0.2, 0) is 19.0 Å². The summed E-state index contributed by atoms with van der Waals surface area (Å²) in [4.78, 5) is 14.4.